The number of nitrogens with zero attached hydrogens (tertiary/aromatic N) is 1. The summed E-state index contributed by atoms with van der Waals surface area (Å²) < 4.78 is 0. The van der Waals surface area contributed by atoms with E-state index in [9.17, 15) is 9.59 Å². The number of carbonyl (C=O) groups is 2. The maximum Gasteiger partial charge on any atom is 0.265 e. The number of thiophene rings is 1. The molecule has 0 atom stereocenters. The average Bonchev–Trinajstić information content (AvgIpc) is 3.25. The van der Waals surface area contributed by atoms with E-state index in [0.29, 0.717) is 17.1 Å². The highest BCUT2D eigenvalue weighted by Crippen LogP contribution is 2.29. The van der Waals surface area contributed by atoms with Gasteiger partial charge in [-0.3, -0.25) is 9.59 Å². The Morgan fingerprint density at radius 3 is 2.50 bits per heavy atom. The minimum Gasteiger partial charge on any atom is -0.321 e. The predicted molar refractivity (Wildman–Crippen MR) is 95.7 cm³/mol. The molecule has 3 aromatic rings. The summed E-state index contributed by atoms with van der Waals surface area (Å²) in [6.45, 7) is 0.579. The Morgan fingerprint density at radius 1 is 1.00 bits per heavy atom. The Balaban J connectivity index is 1.51. The van der Waals surface area contributed by atoms with E-state index in [4.69, 9.17) is 0 Å². The fourth-order valence-corrected chi connectivity index (χ4v) is 3.41. The lowest BCUT2D eigenvalue weighted by Gasteiger charge is -2.16. The summed E-state index contributed by atoms with van der Waals surface area (Å²) in [5, 5.41) is 4.73. The van der Waals surface area contributed by atoms with Gasteiger partial charge in [-0.15, -0.1) is 11.3 Å². The van der Waals surface area contributed by atoms with E-state index < -0.39 is 0 Å². The largest absolute Gasteiger partial charge is 0.321 e. The van der Waals surface area contributed by atoms with Crippen molar-refractivity contribution in [3.05, 3.63) is 82.0 Å². The minimum atomic E-state index is -0.123. The third-order valence-corrected chi connectivity index (χ3v) is 4.87. The Morgan fingerprint density at radius 2 is 1.79 bits per heavy atom. The Hall–Kier alpha value is -2.92. The maximum absolute atomic E-state index is 12.5. The van der Waals surface area contributed by atoms with Crippen molar-refractivity contribution in [1.29, 1.82) is 0 Å². The summed E-state index contributed by atoms with van der Waals surface area (Å²) in [6.07, 6.45) is 0. The molecule has 2 amide bonds. The molecule has 0 saturated carbocycles. The average molecular weight is 334 g/mol. The van der Waals surface area contributed by atoms with Gasteiger partial charge in [-0.1, -0.05) is 24.3 Å². The Bertz CT molecular complexity index is 901. The van der Waals surface area contributed by atoms with Gasteiger partial charge in [0, 0.05) is 16.9 Å². The maximum atomic E-state index is 12.5. The lowest BCUT2D eigenvalue weighted by molar-refractivity contribution is 0.0994. The molecular weight excluding hydrogens is 320 g/mol. The van der Waals surface area contributed by atoms with Crippen molar-refractivity contribution in [3.63, 3.8) is 0 Å². The molecule has 1 aromatic heterocycles. The van der Waals surface area contributed by atoms with E-state index in [1.807, 2.05) is 60.0 Å². The third kappa shape index (κ3) is 2.59. The minimum absolute atomic E-state index is 0.0148. The van der Waals surface area contributed by atoms with Crippen molar-refractivity contribution in [1.82, 2.24) is 0 Å². The molecule has 1 aliphatic rings. The molecule has 1 N–H and O–H groups in total. The summed E-state index contributed by atoms with van der Waals surface area (Å²) in [5.74, 6) is -0.108. The van der Waals surface area contributed by atoms with Crippen LogP contribution in [0.3, 0.4) is 0 Å². The summed E-state index contributed by atoms with van der Waals surface area (Å²) >= 11 is 1.40. The van der Waals surface area contributed by atoms with Crippen molar-refractivity contribution in [3.8, 4) is 0 Å². The van der Waals surface area contributed by atoms with Crippen molar-refractivity contribution in [2.24, 2.45) is 0 Å². The molecule has 24 heavy (non-hydrogen) atoms. The predicted octanol–water partition coefficient (Wildman–Crippen LogP) is 4.16. The van der Waals surface area contributed by atoms with E-state index in [1.165, 1.54) is 11.3 Å². The lowest BCUT2D eigenvalue weighted by atomic mass is 10.1. The van der Waals surface area contributed by atoms with Gasteiger partial charge in [0.05, 0.1) is 11.4 Å². The number of rotatable bonds is 3. The number of benzene rings is 2. The third-order valence-electron chi connectivity index (χ3n) is 4.00. The highest BCUT2D eigenvalue weighted by Gasteiger charge is 2.27. The zero-order valence-corrected chi connectivity index (χ0v) is 13.5. The highest BCUT2D eigenvalue weighted by molar-refractivity contribution is 7.12. The van der Waals surface area contributed by atoms with Gasteiger partial charge in [-0.25, -0.2) is 0 Å². The van der Waals surface area contributed by atoms with Crippen LogP contribution in [0.1, 0.15) is 25.6 Å². The molecule has 4 rings (SSSR count). The van der Waals surface area contributed by atoms with Crippen LogP contribution in [-0.4, -0.2) is 11.8 Å². The van der Waals surface area contributed by atoms with Crippen LogP contribution >= 0.6 is 11.3 Å². The molecule has 0 fully saturated rings. The lowest BCUT2D eigenvalue weighted by Crippen LogP contribution is -2.22. The molecule has 0 bridgehead atoms. The highest BCUT2D eigenvalue weighted by atomic mass is 32.1. The molecule has 0 unspecified atom stereocenters. The van der Waals surface area contributed by atoms with Crippen molar-refractivity contribution < 1.29 is 9.59 Å². The van der Waals surface area contributed by atoms with Crippen molar-refractivity contribution in [2.75, 3.05) is 10.2 Å². The van der Waals surface area contributed by atoms with Gasteiger partial charge in [0.15, 0.2) is 0 Å². The Labute approximate surface area is 143 Å². The van der Waals surface area contributed by atoms with Crippen LogP contribution in [0.4, 0.5) is 11.4 Å². The number of carbonyl (C=O) groups excluding carboxylic acids is 2. The smallest absolute Gasteiger partial charge is 0.265 e. The van der Waals surface area contributed by atoms with E-state index in [-0.39, 0.29) is 11.8 Å². The molecule has 0 aliphatic carbocycles. The van der Waals surface area contributed by atoms with E-state index in [1.54, 1.807) is 11.0 Å². The van der Waals surface area contributed by atoms with Crippen LogP contribution in [-0.2, 0) is 6.54 Å². The first kappa shape index (κ1) is 14.7. The Kier molecular flexibility index (Phi) is 3.63. The fourth-order valence-electron chi connectivity index (χ4n) is 2.79. The first-order chi connectivity index (χ1) is 11.7. The first-order valence-electron chi connectivity index (χ1n) is 7.57. The number of amides is 2. The normalized spacial score (nSPS) is 13.0. The zero-order valence-electron chi connectivity index (χ0n) is 12.7. The fraction of sp³-hybridized carbons (Fsp3) is 0.0526. The zero-order chi connectivity index (χ0) is 16.5. The summed E-state index contributed by atoms with van der Waals surface area (Å²) in [7, 11) is 0. The summed E-state index contributed by atoms with van der Waals surface area (Å²) in [6, 6.07) is 18.6. The number of hydrogen-bond acceptors (Lipinski definition) is 3. The van der Waals surface area contributed by atoms with Crippen molar-refractivity contribution >= 4 is 34.5 Å². The standard InChI is InChI=1S/C19H14N2O2S/c22-18(17-6-3-11-24-17)20-14-7-9-15(10-8-14)21-12-13-4-1-2-5-16(13)19(21)23/h1-11H,12H2,(H,20,22). The molecule has 1 aliphatic heterocycles. The van der Waals surface area contributed by atoms with Crippen LogP contribution in [0.2, 0.25) is 0 Å². The topological polar surface area (TPSA) is 49.4 Å². The monoisotopic (exact) mass is 334 g/mol. The van der Waals surface area contributed by atoms with Crippen LogP contribution in [0.5, 0.6) is 0 Å². The van der Waals surface area contributed by atoms with Gasteiger partial charge in [0.2, 0.25) is 0 Å². The van der Waals surface area contributed by atoms with Gasteiger partial charge in [-0.2, -0.15) is 0 Å². The molecule has 0 radical (unpaired) electrons. The van der Waals surface area contributed by atoms with Gasteiger partial charge in [-0.05, 0) is 47.3 Å². The molecule has 2 heterocycles. The SMILES string of the molecule is O=C(Nc1ccc(N2Cc3ccccc3C2=O)cc1)c1cccs1. The van der Waals surface area contributed by atoms with Crippen LogP contribution in [0, 0.1) is 0 Å². The number of fused-ring (bicyclic) bond motifs is 1. The molecule has 0 saturated heterocycles. The first-order valence-corrected chi connectivity index (χ1v) is 8.45. The molecular formula is C19H14N2O2S. The second-order valence-corrected chi connectivity index (χ2v) is 6.47. The molecule has 0 spiro atoms. The van der Waals surface area contributed by atoms with Gasteiger partial charge < -0.3 is 10.2 Å². The van der Waals surface area contributed by atoms with Gasteiger partial charge in [0.1, 0.15) is 0 Å². The number of anilines is 2. The van der Waals surface area contributed by atoms with E-state index in [0.717, 1.165) is 16.8 Å². The van der Waals surface area contributed by atoms with E-state index in [2.05, 4.69) is 5.32 Å². The number of hydrogen-bond donors (Lipinski definition) is 1. The molecule has 4 nitrogen and oxygen atoms in total. The van der Waals surface area contributed by atoms with Crippen LogP contribution in [0.15, 0.2) is 66.0 Å². The van der Waals surface area contributed by atoms with Crippen LogP contribution < -0.4 is 10.2 Å². The van der Waals surface area contributed by atoms with Crippen LogP contribution in [0.25, 0.3) is 0 Å². The van der Waals surface area contributed by atoms with Gasteiger partial charge >= 0.3 is 0 Å². The molecule has 2 aromatic carbocycles. The molecule has 5 heteroatoms. The van der Waals surface area contributed by atoms with E-state index >= 15 is 0 Å². The summed E-state index contributed by atoms with van der Waals surface area (Å²) in [5.41, 5.74) is 3.33. The summed E-state index contributed by atoms with van der Waals surface area (Å²) in [4.78, 5) is 26.9. The molecule has 118 valence electrons. The van der Waals surface area contributed by atoms with Crippen molar-refractivity contribution in [2.45, 2.75) is 6.54 Å². The second kappa shape index (κ2) is 5.94. The van der Waals surface area contributed by atoms with Gasteiger partial charge in [0.25, 0.3) is 11.8 Å². The second-order valence-electron chi connectivity index (χ2n) is 5.53. The number of nitrogens with one attached hydrogen (secondary N) is 1. The quantitative estimate of drug-likeness (QED) is 0.782.